The Morgan fingerprint density at radius 1 is 0.534 bits per heavy atom. The predicted octanol–water partition coefficient (Wildman–Crippen LogP) is 13.1. The summed E-state index contributed by atoms with van der Waals surface area (Å²) < 4.78 is 4.95. The number of para-hydroxylation sites is 4. The van der Waals surface area contributed by atoms with Crippen molar-refractivity contribution in [3.8, 4) is 5.69 Å². The van der Waals surface area contributed by atoms with Crippen molar-refractivity contribution in [2.45, 2.75) is 21.6 Å². The van der Waals surface area contributed by atoms with Crippen LogP contribution in [0.15, 0.2) is 210 Å². The van der Waals surface area contributed by atoms with E-state index in [-0.39, 0.29) is 0 Å². The van der Waals surface area contributed by atoms with Crippen molar-refractivity contribution < 1.29 is 0 Å². The Bertz CT molecular complexity index is 3350. The topological polar surface area (TPSA) is 35.9 Å². The maximum absolute atomic E-state index is 6.97. The van der Waals surface area contributed by atoms with Crippen LogP contribution in [-0.2, 0) is 11.8 Å². The molecule has 2 N–H and O–H groups in total. The minimum atomic E-state index is -0.557. The van der Waals surface area contributed by atoms with Gasteiger partial charge in [0.05, 0.1) is 33.2 Å². The molecule has 0 radical (unpaired) electrons. The number of benzene rings is 8. The van der Waals surface area contributed by atoms with Crippen molar-refractivity contribution in [2.75, 3.05) is 0 Å². The third kappa shape index (κ3) is 4.58. The summed E-state index contributed by atoms with van der Waals surface area (Å²) in [5, 5.41) is 5.05. The quantitative estimate of drug-likeness (QED) is 0.177. The number of aromatic nitrogens is 2. The van der Waals surface area contributed by atoms with Gasteiger partial charge in [0.25, 0.3) is 0 Å². The predicted molar refractivity (Wildman–Crippen MR) is 243 cm³/mol. The van der Waals surface area contributed by atoms with Gasteiger partial charge in [-0.15, -0.1) is 0 Å². The monoisotopic (exact) mass is 759 g/mol. The molecular weight excluding hydrogens is 723 g/mol. The van der Waals surface area contributed by atoms with Gasteiger partial charge in [-0.1, -0.05) is 176 Å². The third-order valence-corrected chi connectivity index (χ3v) is 13.6. The zero-order chi connectivity index (χ0) is 38.4. The number of nitrogens with two attached hydrogens (primary N) is 1. The molecule has 0 bridgehead atoms. The van der Waals surface area contributed by atoms with Gasteiger partial charge in [-0.05, 0) is 76.2 Å². The molecule has 1 atom stereocenters. The second-order valence-electron chi connectivity index (χ2n) is 15.4. The Labute approximate surface area is 341 Å². The minimum Gasteiger partial charge on any atom is -0.398 e. The largest absolute Gasteiger partial charge is 0.398 e. The molecule has 2 aliphatic rings. The first kappa shape index (κ1) is 33.2. The van der Waals surface area contributed by atoms with Crippen molar-refractivity contribution >= 4 is 66.8 Å². The van der Waals surface area contributed by atoms with Crippen LogP contribution in [0.1, 0.15) is 33.4 Å². The molecule has 4 heterocycles. The van der Waals surface area contributed by atoms with Crippen LogP contribution in [0.3, 0.4) is 0 Å². The molecule has 0 saturated heterocycles. The lowest BCUT2D eigenvalue weighted by molar-refractivity contribution is 0.692. The van der Waals surface area contributed by atoms with Gasteiger partial charge in [0.2, 0.25) is 0 Å². The van der Waals surface area contributed by atoms with E-state index in [1.165, 1.54) is 75.9 Å². The van der Waals surface area contributed by atoms with Gasteiger partial charge in [-0.2, -0.15) is 0 Å². The van der Waals surface area contributed by atoms with E-state index in [2.05, 4.69) is 191 Å². The van der Waals surface area contributed by atoms with Crippen LogP contribution in [0.2, 0.25) is 0 Å². The molecule has 10 aromatic rings. The van der Waals surface area contributed by atoms with E-state index in [9.17, 15) is 0 Å². The Morgan fingerprint density at radius 2 is 1.19 bits per heavy atom. The lowest BCUT2D eigenvalue weighted by Gasteiger charge is -2.45. The van der Waals surface area contributed by atoms with E-state index >= 15 is 0 Å². The van der Waals surface area contributed by atoms with Crippen molar-refractivity contribution in [1.29, 1.82) is 0 Å². The van der Waals surface area contributed by atoms with Crippen LogP contribution in [0, 0.1) is 0 Å². The van der Waals surface area contributed by atoms with Crippen LogP contribution >= 0.6 is 11.8 Å². The molecule has 12 rings (SSSR count). The van der Waals surface area contributed by atoms with Gasteiger partial charge >= 0.3 is 0 Å². The first-order chi connectivity index (χ1) is 28.7. The normalized spacial score (nSPS) is 15.9. The zero-order valence-corrected chi connectivity index (χ0v) is 32.5. The molecule has 0 fully saturated rings. The Morgan fingerprint density at radius 3 is 2.03 bits per heavy atom. The molecule has 8 aromatic carbocycles. The maximum atomic E-state index is 6.97. The highest BCUT2D eigenvalue weighted by molar-refractivity contribution is 7.99. The standard InChI is InChI=1S/C54H37N3S/c55-45(36-18-5-2-6-19-36)34-37(31-30-35-16-3-1-4-17-35)56-47-27-12-8-21-40(47)51-49(56)33-32-44-53(51)58-50-29-14-10-24-42(50)54(44)41-23-9-13-28-48(41)57-46-26-11-7-20-38(46)39-22-15-25-43(54)52(39)57/h1-29,31-34H,30,55H2/b37-31+,45-34-. The first-order valence-electron chi connectivity index (χ1n) is 20.0. The molecule has 3 nitrogen and oxygen atoms in total. The Hall–Kier alpha value is -7.01. The molecule has 58 heavy (non-hydrogen) atoms. The van der Waals surface area contributed by atoms with Gasteiger partial charge < -0.3 is 14.9 Å². The summed E-state index contributed by atoms with van der Waals surface area (Å²) in [7, 11) is 0. The number of hydrogen-bond donors (Lipinski definition) is 1. The Balaban J connectivity index is 1.20. The summed E-state index contributed by atoms with van der Waals surface area (Å²) in [5.41, 5.74) is 21.8. The van der Waals surface area contributed by atoms with Crippen molar-refractivity contribution in [1.82, 2.24) is 9.13 Å². The van der Waals surface area contributed by atoms with E-state index in [1.54, 1.807) is 0 Å². The van der Waals surface area contributed by atoms with Crippen molar-refractivity contribution in [3.63, 3.8) is 0 Å². The number of rotatable bonds is 5. The van der Waals surface area contributed by atoms with Gasteiger partial charge in [0.1, 0.15) is 0 Å². The summed E-state index contributed by atoms with van der Waals surface area (Å²) in [6.07, 6.45) is 5.26. The van der Waals surface area contributed by atoms with Crippen LogP contribution < -0.4 is 5.73 Å². The average Bonchev–Trinajstić information content (AvgIpc) is 3.81. The maximum Gasteiger partial charge on any atom is 0.0764 e. The second-order valence-corrected chi connectivity index (χ2v) is 16.4. The van der Waals surface area contributed by atoms with E-state index in [1.807, 2.05) is 30.0 Å². The molecule has 1 unspecified atom stereocenters. The van der Waals surface area contributed by atoms with Crippen LogP contribution in [-0.4, -0.2) is 9.13 Å². The lowest BCUT2D eigenvalue weighted by atomic mass is 9.62. The first-order valence-corrected chi connectivity index (χ1v) is 20.8. The van der Waals surface area contributed by atoms with Crippen LogP contribution in [0.4, 0.5) is 0 Å². The molecule has 0 aliphatic carbocycles. The van der Waals surface area contributed by atoms with Gasteiger partial charge in [0, 0.05) is 42.7 Å². The Kier molecular flexibility index (Phi) is 7.29. The highest BCUT2D eigenvalue weighted by atomic mass is 32.2. The van der Waals surface area contributed by atoms with Gasteiger partial charge in [-0.25, -0.2) is 0 Å². The SMILES string of the molecule is N/C(=C\C(=C/Cc1ccccc1)n1c2ccccc2c2c3c(ccc21)C1(c2ccccc2S3)c2ccccc2-n2c3ccccc3c3cccc1c32)c1ccccc1. The average molecular weight is 760 g/mol. The molecule has 0 amide bonds. The van der Waals surface area contributed by atoms with E-state index in [0.717, 1.165) is 34.4 Å². The zero-order valence-electron chi connectivity index (χ0n) is 31.6. The van der Waals surface area contributed by atoms with Crippen molar-refractivity contribution in [2.24, 2.45) is 5.73 Å². The summed E-state index contributed by atoms with van der Waals surface area (Å²) in [4.78, 5) is 2.58. The fraction of sp³-hybridized carbons (Fsp3) is 0.0370. The van der Waals surface area contributed by atoms with Gasteiger partial charge in [-0.3, -0.25) is 0 Å². The second kappa shape index (κ2) is 12.8. The number of hydrogen-bond acceptors (Lipinski definition) is 2. The van der Waals surface area contributed by atoms with Crippen molar-refractivity contribution in [3.05, 3.63) is 234 Å². The molecule has 4 heteroatoms. The smallest absolute Gasteiger partial charge is 0.0764 e. The van der Waals surface area contributed by atoms with Crippen LogP contribution in [0.5, 0.6) is 0 Å². The minimum absolute atomic E-state index is 0.557. The number of fused-ring (bicyclic) bond motifs is 15. The fourth-order valence-corrected chi connectivity index (χ4v) is 11.4. The molecular formula is C54H37N3S. The molecule has 2 aromatic heterocycles. The molecule has 0 saturated carbocycles. The highest BCUT2D eigenvalue weighted by Gasteiger charge is 2.50. The molecule has 274 valence electrons. The lowest BCUT2D eigenvalue weighted by Crippen LogP contribution is -2.37. The highest BCUT2D eigenvalue weighted by Crippen LogP contribution is 2.62. The van der Waals surface area contributed by atoms with E-state index in [4.69, 9.17) is 5.73 Å². The summed E-state index contributed by atoms with van der Waals surface area (Å²) >= 11 is 1.91. The van der Waals surface area contributed by atoms with E-state index in [0.29, 0.717) is 0 Å². The molecule has 2 aliphatic heterocycles. The van der Waals surface area contributed by atoms with Gasteiger partial charge in [0.15, 0.2) is 0 Å². The number of allylic oxidation sites excluding steroid dienone is 3. The molecule has 1 spiro atoms. The summed E-state index contributed by atoms with van der Waals surface area (Å²) in [5.74, 6) is 0. The third-order valence-electron chi connectivity index (χ3n) is 12.4. The summed E-state index contributed by atoms with van der Waals surface area (Å²) in [6, 6.07) is 68.7. The summed E-state index contributed by atoms with van der Waals surface area (Å²) in [6.45, 7) is 0. The number of nitrogens with zero attached hydrogens (tertiary/aromatic N) is 2. The van der Waals surface area contributed by atoms with E-state index < -0.39 is 5.41 Å². The van der Waals surface area contributed by atoms with Crippen LogP contribution in [0.25, 0.3) is 60.7 Å². The fourth-order valence-electron chi connectivity index (χ4n) is 10.0.